The lowest BCUT2D eigenvalue weighted by molar-refractivity contribution is -0.122. The van der Waals surface area contributed by atoms with Gasteiger partial charge in [0.1, 0.15) is 17.9 Å². The lowest BCUT2D eigenvalue weighted by Crippen LogP contribution is -2.37. The second-order valence-electron chi connectivity index (χ2n) is 9.14. The Labute approximate surface area is 247 Å². The molecular weight excluding hydrogens is 563 g/mol. The second-order valence-corrected chi connectivity index (χ2v) is 9.92. The molecule has 0 saturated carbocycles. The molecule has 0 aliphatic rings. The van der Waals surface area contributed by atoms with Crippen LogP contribution in [0.2, 0.25) is 10.0 Å². The van der Waals surface area contributed by atoms with Crippen LogP contribution in [0.1, 0.15) is 27.2 Å². The Balaban J connectivity index is 1.40. The number of hydrogen-bond donors (Lipinski definition) is 2. The van der Waals surface area contributed by atoms with Gasteiger partial charge in [-0.3, -0.25) is 14.4 Å². The van der Waals surface area contributed by atoms with Gasteiger partial charge in [-0.1, -0.05) is 53.5 Å². The van der Waals surface area contributed by atoms with Gasteiger partial charge in [-0.2, -0.15) is 0 Å². The number of carbonyl (C=O) groups excluding carboxylic acids is 3. The average Bonchev–Trinajstić information content (AvgIpc) is 2.98. The third-order valence-electron chi connectivity index (χ3n) is 6.31. The number of rotatable bonds is 9. The number of likely N-dealkylation sites (N-methyl/N-ethyl adjacent to an activating group) is 1. The maximum Gasteiger partial charge on any atom is 0.251 e. The van der Waals surface area contributed by atoms with Crippen LogP contribution in [0, 0.1) is 6.92 Å². The summed E-state index contributed by atoms with van der Waals surface area (Å²) < 4.78 is 6.06. The van der Waals surface area contributed by atoms with Gasteiger partial charge in [0, 0.05) is 47.4 Å². The highest BCUT2D eigenvalue weighted by Crippen LogP contribution is 2.35. The fraction of sp³-hybridized carbons (Fsp3) is 0.161. The minimum atomic E-state index is -0.465. The quantitative estimate of drug-likeness (QED) is 0.248. The molecule has 0 spiro atoms. The Morgan fingerprint density at radius 1 is 1.02 bits per heavy atom. The summed E-state index contributed by atoms with van der Waals surface area (Å²) in [5, 5.41) is 6.72. The van der Waals surface area contributed by atoms with E-state index in [0.717, 1.165) is 16.6 Å². The van der Waals surface area contributed by atoms with E-state index in [4.69, 9.17) is 27.9 Å². The molecular formula is C31H28Cl2N4O4. The van der Waals surface area contributed by atoms with Crippen LogP contribution in [0.5, 0.6) is 5.75 Å². The van der Waals surface area contributed by atoms with Crippen molar-refractivity contribution in [1.29, 1.82) is 0 Å². The SMILES string of the molecule is CNC(=O)c1cccc(/C=C/C(=O)NCC(=O)N(C)c2ccc(Cl)c(COc3cccc4ccc(C)nc34)c2Cl)c1. The van der Waals surface area contributed by atoms with Crippen molar-refractivity contribution >= 4 is 63.6 Å². The minimum Gasteiger partial charge on any atom is -0.487 e. The van der Waals surface area contributed by atoms with Gasteiger partial charge in [0.2, 0.25) is 11.8 Å². The number of nitrogens with one attached hydrogen (secondary N) is 2. The Bertz CT molecular complexity index is 1650. The van der Waals surface area contributed by atoms with E-state index in [2.05, 4.69) is 15.6 Å². The average molecular weight is 591 g/mol. The molecule has 0 atom stereocenters. The van der Waals surface area contributed by atoms with Gasteiger partial charge in [-0.15, -0.1) is 0 Å². The van der Waals surface area contributed by atoms with E-state index in [0.29, 0.717) is 33.1 Å². The first kappa shape index (κ1) is 29.6. The summed E-state index contributed by atoms with van der Waals surface area (Å²) >= 11 is 13.1. The van der Waals surface area contributed by atoms with E-state index in [1.807, 2.05) is 37.3 Å². The number of hydrogen-bond acceptors (Lipinski definition) is 5. The number of ether oxygens (including phenoxy) is 1. The van der Waals surface area contributed by atoms with Crippen molar-refractivity contribution in [3.05, 3.63) is 105 Å². The molecule has 0 fully saturated rings. The Hall–Kier alpha value is -4.40. The molecule has 0 radical (unpaired) electrons. The number of nitrogens with zero attached hydrogens (tertiary/aromatic N) is 2. The predicted molar refractivity (Wildman–Crippen MR) is 163 cm³/mol. The van der Waals surface area contributed by atoms with Gasteiger partial charge >= 0.3 is 0 Å². The second kappa shape index (κ2) is 13.3. The standard InChI is InChI=1S/C31H28Cl2N4O4/c1-19-10-12-21-7-5-9-26(30(21)36-19)41-18-23-24(32)13-14-25(29(23)33)37(3)28(39)17-35-27(38)15-11-20-6-4-8-22(16-20)31(40)34-2/h4-16H,17-18H2,1-3H3,(H,34,40)(H,35,38)/b15-11+. The number of anilines is 1. The molecule has 1 heterocycles. The van der Waals surface area contributed by atoms with Gasteiger partial charge in [-0.25, -0.2) is 4.98 Å². The summed E-state index contributed by atoms with van der Waals surface area (Å²) in [7, 11) is 3.11. The molecule has 0 aliphatic heterocycles. The first-order chi connectivity index (χ1) is 19.7. The zero-order chi connectivity index (χ0) is 29.5. The van der Waals surface area contributed by atoms with E-state index >= 15 is 0 Å². The summed E-state index contributed by atoms with van der Waals surface area (Å²) in [6.45, 7) is 1.71. The molecule has 4 rings (SSSR count). The topological polar surface area (TPSA) is 101 Å². The molecule has 8 nitrogen and oxygen atoms in total. The van der Waals surface area contributed by atoms with E-state index < -0.39 is 11.8 Å². The molecule has 0 aliphatic carbocycles. The molecule has 0 bridgehead atoms. The molecule has 4 aromatic rings. The molecule has 10 heteroatoms. The largest absolute Gasteiger partial charge is 0.487 e. The number of pyridine rings is 1. The Morgan fingerprint density at radius 3 is 2.59 bits per heavy atom. The van der Waals surface area contributed by atoms with Crippen LogP contribution in [0.3, 0.4) is 0 Å². The lowest BCUT2D eigenvalue weighted by Gasteiger charge is -2.21. The molecule has 210 valence electrons. The van der Waals surface area contributed by atoms with Gasteiger partial charge in [-0.05, 0) is 55.0 Å². The maximum absolute atomic E-state index is 12.9. The van der Waals surface area contributed by atoms with Crippen molar-refractivity contribution in [1.82, 2.24) is 15.6 Å². The minimum absolute atomic E-state index is 0.0604. The highest BCUT2D eigenvalue weighted by atomic mass is 35.5. The smallest absolute Gasteiger partial charge is 0.251 e. The Morgan fingerprint density at radius 2 is 1.80 bits per heavy atom. The van der Waals surface area contributed by atoms with Crippen LogP contribution in [0.4, 0.5) is 5.69 Å². The van der Waals surface area contributed by atoms with Gasteiger partial charge < -0.3 is 20.3 Å². The number of carbonyl (C=O) groups is 3. The first-order valence-electron chi connectivity index (χ1n) is 12.7. The van der Waals surface area contributed by atoms with Crippen molar-refractivity contribution < 1.29 is 19.1 Å². The molecule has 41 heavy (non-hydrogen) atoms. The fourth-order valence-corrected chi connectivity index (χ4v) is 4.64. The summed E-state index contributed by atoms with van der Waals surface area (Å²) in [6.07, 6.45) is 2.86. The van der Waals surface area contributed by atoms with E-state index in [1.165, 1.54) is 11.0 Å². The molecule has 3 amide bonds. The summed E-state index contributed by atoms with van der Waals surface area (Å²) in [4.78, 5) is 43.0. The van der Waals surface area contributed by atoms with Crippen LogP contribution in [-0.4, -0.2) is 43.3 Å². The van der Waals surface area contributed by atoms with Gasteiger partial charge in [0.15, 0.2) is 0 Å². The lowest BCUT2D eigenvalue weighted by atomic mass is 10.1. The number of halogens is 2. The van der Waals surface area contributed by atoms with Crippen LogP contribution >= 0.6 is 23.2 Å². The zero-order valence-corrected chi connectivity index (χ0v) is 24.2. The van der Waals surface area contributed by atoms with Crippen molar-refractivity contribution in [2.75, 3.05) is 25.5 Å². The molecule has 0 unspecified atom stereocenters. The first-order valence-corrected chi connectivity index (χ1v) is 13.4. The van der Waals surface area contributed by atoms with Crippen LogP contribution < -0.4 is 20.3 Å². The number of aryl methyl sites for hydroxylation is 1. The number of para-hydroxylation sites is 1. The third-order valence-corrected chi connectivity index (χ3v) is 7.09. The van der Waals surface area contributed by atoms with Crippen LogP contribution in [0.15, 0.2) is 72.8 Å². The maximum atomic E-state index is 12.9. The highest BCUT2D eigenvalue weighted by Gasteiger charge is 2.19. The number of amides is 3. The highest BCUT2D eigenvalue weighted by molar-refractivity contribution is 6.38. The number of aromatic nitrogens is 1. The number of benzene rings is 3. The van der Waals surface area contributed by atoms with E-state index in [-0.39, 0.29) is 24.1 Å². The summed E-state index contributed by atoms with van der Waals surface area (Å²) in [6, 6.07) is 19.7. The summed E-state index contributed by atoms with van der Waals surface area (Å²) in [5.74, 6) is -0.496. The van der Waals surface area contributed by atoms with Crippen molar-refractivity contribution in [2.45, 2.75) is 13.5 Å². The monoisotopic (exact) mass is 590 g/mol. The van der Waals surface area contributed by atoms with E-state index in [1.54, 1.807) is 56.6 Å². The van der Waals surface area contributed by atoms with Crippen molar-refractivity contribution in [2.24, 2.45) is 0 Å². The van der Waals surface area contributed by atoms with E-state index in [9.17, 15) is 14.4 Å². The fourth-order valence-electron chi connectivity index (χ4n) is 4.03. The zero-order valence-electron chi connectivity index (χ0n) is 22.7. The Kier molecular flexibility index (Phi) is 9.60. The molecule has 1 aromatic heterocycles. The predicted octanol–water partition coefficient (Wildman–Crippen LogP) is 5.58. The van der Waals surface area contributed by atoms with Gasteiger partial charge in [0.05, 0.1) is 17.3 Å². The van der Waals surface area contributed by atoms with Crippen molar-refractivity contribution in [3.8, 4) is 5.75 Å². The molecule has 0 saturated heterocycles. The van der Waals surface area contributed by atoms with Crippen LogP contribution in [0.25, 0.3) is 17.0 Å². The third kappa shape index (κ3) is 7.22. The molecule has 2 N–H and O–H groups in total. The van der Waals surface area contributed by atoms with Crippen molar-refractivity contribution in [3.63, 3.8) is 0 Å². The molecule has 3 aromatic carbocycles. The normalized spacial score (nSPS) is 11.0. The number of fused-ring (bicyclic) bond motifs is 1. The van der Waals surface area contributed by atoms with Crippen LogP contribution in [-0.2, 0) is 16.2 Å². The summed E-state index contributed by atoms with van der Waals surface area (Å²) in [5.41, 5.74) is 3.67. The van der Waals surface area contributed by atoms with Gasteiger partial charge in [0.25, 0.3) is 5.91 Å².